The van der Waals surface area contributed by atoms with Crippen molar-refractivity contribution in [2.24, 2.45) is 0 Å². The minimum absolute atomic E-state index is 0.332. The second kappa shape index (κ2) is 10.1. The Bertz CT molecular complexity index is 1280. The number of ether oxygens (including phenoxy) is 4. The van der Waals surface area contributed by atoms with E-state index in [2.05, 4.69) is 24.3 Å². The molecule has 1 aliphatic heterocycles. The Morgan fingerprint density at radius 3 is 1.94 bits per heavy atom. The predicted octanol–water partition coefficient (Wildman–Crippen LogP) is 6.53. The highest BCUT2D eigenvalue weighted by Gasteiger charge is 2.49. The van der Waals surface area contributed by atoms with Gasteiger partial charge in [-0.3, -0.25) is 0 Å². The summed E-state index contributed by atoms with van der Waals surface area (Å²) in [6, 6.07) is 32.8. The van der Waals surface area contributed by atoms with Crippen molar-refractivity contribution < 1.29 is 18.9 Å². The van der Waals surface area contributed by atoms with Gasteiger partial charge in [-0.2, -0.15) is 4.98 Å². The third-order valence-corrected chi connectivity index (χ3v) is 6.90. The van der Waals surface area contributed by atoms with Crippen molar-refractivity contribution in [2.45, 2.75) is 37.8 Å². The van der Waals surface area contributed by atoms with Gasteiger partial charge in [0, 0.05) is 24.5 Å². The predicted molar refractivity (Wildman–Crippen MR) is 138 cm³/mol. The lowest BCUT2D eigenvalue weighted by atomic mass is 9.74. The zero-order valence-corrected chi connectivity index (χ0v) is 20.1. The van der Waals surface area contributed by atoms with Crippen LogP contribution < -0.4 is 9.47 Å². The quantitative estimate of drug-likeness (QED) is 0.288. The third-order valence-electron chi connectivity index (χ3n) is 6.90. The summed E-state index contributed by atoms with van der Waals surface area (Å²) in [7, 11) is 0. The zero-order chi connectivity index (χ0) is 24.2. The molecule has 6 rings (SSSR count). The van der Waals surface area contributed by atoms with Gasteiger partial charge in [0.15, 0.2) is 5.79 Å². The zero-order valence-electron chi connectivity index (χ0n) is 20.1. The fourth-order valence-corrected chi connectivity index (χ4v) is 4.89. The highest BCUT2D eigenvalue weighted by Crippen LogP contribution is 2.49. The van der Waals surface area contributed by atoms with Gasteiger partial charge in [0.2, 0.25) is 11.8 Å². The molecule has 0 atom stereocenters. The average Bonchev–Trinajstić information content (AvgIpc) is 3.42. The minimum atomic E-state index is -0.332. The first-order valence-corrected chi connectivity index (χ1v) is 12.5. The summed E-state index contributed by atoms with van der Waals surface area (Å²) in [4.78, 5) is 4.73. The van der Waals surface area contributed by atoms with Crippen LogP contribution >= 0.6 is 0 Å². The molecule has 1 aliphatic carbocycles. The summed E-state index contributed by atoms with van der Waals surface area (Å²) in [6.45, 7) is 2.30. The van der Waals surface area contributed by atoms with Crippen LogP contribution in [0.15, 0.2) is 97.1 Å². The fourth-order valence-electron chi connectivity index (χ4n) is 4.89. The number of hydrogen-bond acceptors (Lipinski definition) is 5. The van der Waals surface area contributed by atoms with Crippen LogP contribution in [0.25, 0.3) is 11.1 Å². The second-order valence-electron chi connectivity index (χ2n) is 9.39. The van der Waals surface area contributed by atoms with E-state index in [0.29, 0.717) is 44.1 Å². The van der Waals surface area contributed by atoms with E-state index in [4.69, 9.17) is 23.9 Å². The number of pyridine rings is 1. The van der Waals surface area contributed by atoms with Crippen molar-refractivity contribution in [3.63, 3.8) is 0 Å². The maximum Gasteiger partial charge on any atom is 0.225 e. The molecule has 1 saturated heterocycles. The van der Waals surface area contributed by atoms with Crippen LogP contribution in [0.3, 0.4) is 0 Å². The van der Waals surface area contributed by atoms with Crippen LogP contribution in [0.4, 0.5) is 0 Å². The Morgan fingerprint density at radius 1 is 0.694 bits per heavy atom. The Morgan fingerprint density at radius 2 is 1.31 bits per heavy atom. The van der Waals surface area contributed by atoms with Crippen molar-refractivity contribution in [1.82, 2.24) is 4.98 Å². The lowest BCUT2D eigenvalue weighted by Crippen LogP contribution is -2.43. The number of rotatable bonds is 8. The van der Waals surface area contributed by atoms with Gasteiger partial charge >= 0.3 is 0 Å². The van der Waals surface area contributed by atoms with Gasteiger partial charge in [-0.15, -0.1) is 0 Å². The first-order valence-electron chi connectivity index (χ1n) is 12.5. The molecular formula is C31H29NO4. The molecule has 36 heavy (non-hydrogen) atoms. The van der Waals surface area contributed by atoms with Crippen LogP contribution in [0.2, 0.25) is 0 Å². The molecule has 0 radical (unpaired) electrons. The molecule has 0 unspecified atom stereocenters. The molecule has 2 aliphatic rings. The molecule has 1 saturated carbocycles. The molecule has 0 N–H and O–H groups in total. The maximum absolute atomic E-state index is 6.22. The van der Waals surface area contributed by atoms with E-state index in [1.54, 1.807) is 0 Å². The van der Waals surface area contributed by atoms with Crippen molar-refractivity contribution in [1.29, 1.82) is 0 Å². The summed E-state index contributed by atoms with van der Waals surface area (Å²) < 4.78 is 23.8. The molecule has 1 spiro atoms. The average molecular weight is 480 g/mol. The fraction of sp³-hybridized carbons (Fsp3) is 0.258. The highest BCUT2D eigenvalue weighted by molar-refractivity contribution is 5.69. The van der Waals surface area contributed by atoms with E-state index >= 15 is 0 Å². The molecule has 4 aromatic rings. The topological polar surface area (TPSA) is 49.8 Å². The summed E-state index contributed by atoms with van der Waals surface area (Å²) in [5.41, 5.74) is 5.50. The van der Waals surface area contributed by atoms with Crippen molar-refractivity contribution in [3.05, 3.63) is 114 Å². The molecule has 0 bridgehead atoms. The molecule has 5 heteroatoms. The summed E-state index contributed by atoms with van der Waals surface area (Å²) in [5.74, 6) is 1.24. The normalized spacial score (nSPS) is 16.6. The van der Waals surface area contributed by atoms with Crippen molar-refractivity contribution in [2.75, 3.05) is 13.2 Å². The monoisotopic (exact) mass is 479 g/mol. The van der Waals surface area contributed by atoms with Crippen LogP contribution in [-0.2, 0) is 22.7 Å². The maximum atomic E-state index is 6.22. The standard InChI is InChI=1S/C31H29NO4/c1-3-7-23(8-4-1)21-33-29-16-15-28(30(32-29)34-22-24-9-5-2-6-10-24)26-13-11-25(12-14-26)27-19-31(20-27)35-17-18-36-31/h1-16,27H,17-22H2. The molecular weight excluding hydrogens is 450 g/mol. The van der Waals surface area contributed by atoms with Gasteiger partial charge in [0.05, 0.1) is 13.2 Å². The van der Waals surface area contributed by atoms with Gasteiger partial charge < -0.3 is 18.9 Å². The molecule has 1 aromatic heterocycles. The third kappa shape index (κ3) is 4.99. The van der Waals surface area contributed by atoms with Gasteiger partial charge in [0.25, 0.3) is 0 Å². The van der Waals surface area contributed by atoms with Gasteiger partial charge in [0.1, 0.15) is 13.2 Å². The van der Waals surface area contributed by atoms with E-state index in [1.165, 1.54) is 5.56 Å². The van der Waals surface area contributed by atoms with Crippen molar-refractivity contribution >= 4 is 0 Å². The van der Waals surface area contributed by atoms with Crippen LogP contribution in [-0.4, -0.2) is 24.0 Å². The van der Waals surface area contributed by atoms with Crippen LogP contribution in [0.1, 0.15) is 35.4 Å². The molecule has 3 aromatic carbocycles. The lowest BCUT2D eigenvalue weighted by molar-refractivity contribution is -0.215. The SMILES string of the molecule is c1ccc(COc2ccc(-c3ccc(C4CC5(C4)OCCO5)cc3)c(OCc3ccccc3)n2)cc1. The lowest BCUT2D eigenvalue weighted by Gasteiger charge is -2.43. The van der Waals surface area contributed by atoms with Crippen molar-refractivity contribution in [3.8, 4) is 22.9 Å². The van der Waals surface area contributed by atoms with Gasteiger partial charge in [-0.1, -0.05) is 84.9 Å². The molecule has 2 heterocycles. The Balaban J connectivity index is 1.21. The molecule has 2 fully saturated rings. The van der Waals surface area contributed by atoms with E-state index in [0.717, 1.165) is 35.1 Å². The largest absolute Gasteiger partial charge is 0.473 e. The molecule has 182 valence electrons. The highest BCUT2D eigenvalue weighted by atomic mass is 16.7. The number of hydrogen-bond donors (Lipinski definition) is 0. The Kier molecular flexibility index (Phi) is 6.41. The first-order chi connectivity index (χ1) is 17.8. The van der Waals surface area contributed by atoms with E-state index in [9.17, 15) is 0 Å². The van der Waals surface area contributed by atoms with Gasteiger partial charge in [-0.05, 0) is 34.2 Å². The van der Waals surface area contributed by atoms with E-state index in [-0.39, 0.29) is 5.79 Å². The minimum Gasteiger partial charge on any atom is -0.473 e. The first kappa shape index (κ1) is 22.8. The summed E-state index contributed by atoms with van der Waals surface area (Å²) in [6.07, 6.45) is 1.85. The summed E-state index contributed by atoms with van der Waals surface area (Å²) in [5, 5.41) is 0. The smallest absolute Gasteiger partial charge is 0.225 e. The Labute approximate surface area is 211 Å². The second-order valence-corrected chi connectivity index (χ2v) is 9.39. The Hall–Kier alpha value is -3.67. The van der Waals surface area contributed by atoms with E-state index in [1.807, 2.05) is 72.8 Å². The van der Waals surface area contributed by atoms with Crippen LogP contribution in [0.5, 0.6) is 11.8 Å². The number of aromatic nitrogens is 1. The summed E-state index contributed by atoms with van der Waals surface area (Å²) >= 11 is 0. The number of benzene rings is 3. The van der Waals surface area contributed by atoms with Crippen LogP contribution in [0, 0.1) is 0 Å². The van der Waals surface area contributed by atoms with E-state index < -0.39 is 0 Å². The van der Waals surface area contributed by atoms with Gasteiger partial charge in [-0.25, -0.2) is 0 Å². The molecule has 0 amide bonds. The number of nitrogens with zero attached hydrogens (tertiary/aromatic N) is 1. The molecule has 5 nitrogen and oxygen atoms in total.